The molecular formula is C64H82ClN5O7S2. The van der Waals surface area contributed by atoms with E-state index in [1.807, 2.05) is 130 Å². The molecular weight excluding hydrogens is 1050 g/mol. The van der Waals surface area contributed by atoms with Crippen LogP contribution in [-0.2, 0) is 9.47 Å². The predicted octanol–water partition coefficient (Wildman–Crippen LogP) is 14.6. The smallest absolute Gasteiger partial charge is 0.410 e. The number of thioether (sulfide) groups is 2. The summed E-state index contributed by atoms with van der Waals surface area (Å²) in [7, 11) is 5.06. The number of likely N-dealkylation sites (tertiary alicyclic amines) is 2. The normalized spacial score (nSPS) is 19.9. The lowest BCUT2D eigenvalue weighted by Gasteiger charge is -2.39. The Kier molecular flexibility index (Phi) is 25.1. The first-order valence-electron chi connectivity index (χ1n) is 27.3. The average molecular weight is 1130 g/mol. The van der Waals surface area contributed by atoms with Crippen LogP contribution >= 0.6 is 35.9 Å². The van der Waals surface area contributed by atoms with Crippen LogP contribution in [-0.4, -0.2) is 105 Å². The molecule has 0 bridgehead atoms. The number of carbonyl (C=O) groups is 2. The van der Waals surface area contributed by atoms with E-state index in [-0.39, 0.29) is 30.5 Å². The minimum atomic E-state index is -0.508. The van der Waals surface area contributed by atoms with Gasteiger partial charge in [0.2, 0.25) is 0 Å². The zero-order valence-corrected chi connectivity index (χ0v) is 50.3. The number of carbonyl (C=O) groups excluding carboxylic acids is 2. The number of nitrogens with zero attached hydrogens (tertiary/aromatic N) is 4. The molecule has 5 aromatic carbocycles. The van der Waals surface area contributed by atoms with E-state index in [0.29, 0.717) is 48.2 Å². The van der Waals surface area contributed by atoms with Crippen molar-refractivity contribution in [1.82, 2.24) is 15.1 Å². The molecule has 0 saturated carbocycles. The van der Waals surface area contributed by atoms with Crippen LogP contribution in [0.1, 0.15) is 120 Å². The Morgan fingerprint density at radius 2 is 0.949 bits per heavy atom. The van der Waals surface area contributed by atoms with Crippen LogP contribution in [0.3, 0.4) is 0 Å². The van der Waals surface area contributed by atoms with Crippen molar-refractivity contribution in [3.63, 3.8) is 0 Å². The third-order valence-electron chi connectivity index (χ3n) is 14.4. The van der Waals surface area contributed by atoms with Crippen molar-refractivity contribution in [3.8, 4) is 29.4 Å². The fourth-order valence-corrected chi connectivity index (χ4v) is 12.6. The molecule has 424 valence electrons. The van der Waals surface area contributed by atoms with Gasteiger partial charge in [-0.25, -0.2) is 9.59 Å². The molecule has 0 aliphatic carbocycles. The molecule has 6 atom stereocenters. The molecule has 12 nitrogen and oxygen atoms in total. The van der Waals surface area contributed by atoms with Gasteiger partial charge in [0.1, 0.15) is 28.5 Å². The number of ether oxygens (including phenoxy) is 5. The van der Waals surface area contributed by atoms with Crippen LogP contribution in [0.15, 0.2) is 131 Å². The number of hydrogen-bond acceptors (Lipinski definition) is 12. The van der Waals surface area contributed by atoms with Gasteiger partial charge in [-0.15, -0.1) is 35.9 Å². The molecule has 0 aromatic heterocycles. The van der Waals surface area contributed by atoms with Crippen LogP contribution in [0.2, 0.25) is 0 Å². The molecule has 3 aliphatic heterocycles. The highest BCUT2D eigenvalue weighted by Crippen LogP contribution is 2.40. The number of amides is 2. The molecule has 5 aromatic rings. The summed E-state index contributed by atoms with van der Waals surface area (Å²) in [5, 5.41) is 21.7. The summed E-state index contributed by atoms with van der Waals surface area (Å²) in [5.74, 6) is 7.26. The molecule has 3 heterocycles. The summed E-state index contributed by atoms with van der Waals surface area (Å²) in [5.41, 5.74) is 4.44. The first-order valence-corrected chi connectivity index (χ1v) is 29.2. The van der Waals surface area contributed by atoms with Gasteiger partial charge in [-0.05, 0) is 199 Å². The Morgan fingerprint density at radius 1 is 0.570 bits per heavy atom. The van der Waals surface area contributed by atoms with Crippen LogP contribution in [0.25, 0.3) is 0 Å². The van der Waals surface area contributed by atoms with Gasteiger partial charge < -0.3 is 38.8 Å². The lowest BCUT2D eigenvalue weighted by molar-refractivity contribution is 0.0138. The van der Waals surface area contributed by atoms with Crippen LogP contribution < -0.4 is 19.5 Å². The zero-order chi connectivity index (χ0) is 56.2. The Balaban J connectivity index is 0.000000220. The van der Waals surface area contributed by atoms with Gasteiger partial charge >= 0.3 is 12.2 Å². The fourth-order valence-electron chi connectivity index (χ4n) is 10.3. The zero-order valence-electron chi connectivity index (χ0n) is 47.9. The van der Waals surface area contributed by atoms with Crippen molar-refractivity contribution < 1.29 is 33.3 Å². The topological polar surface area (TPSA) is 146 Å². The summed E-state index contributed by atoms with van der Waals surface area (Å²) < 4.78 is 26.9. The first-order chi connectivity index (χ1) is 37.4. The van der Waals surface area contributed by atoms with E-state index in [1.54, 1.807) is 33.1 Å². The molecule has 0 unspecified atom stereocenters. The van der Waals surface area contributed by atoms with E-state index in [9.17, 15) is 14.9 Å². The molecule has 8 rings (SSSR count). The summed E-state index contributed by atoms with van der Waals surface area (Å²) >= 11 is 3.58. The van der Waals surface area contributed by atoms with Crippen LogP contribution in [0.5, 0.6) is 17.2 Å². The number of hydrogen-bond donors (Lipinski definition) is 1. The van der Waals surface area contributed by atoms with E-state index < -0.39 is 11.2 Å². The molecule has 2 amide bonds. The molecule has 3 aliphatic rings. The largest absolute Gasteiger partial charge is 0.497 e. The Morgan fingerprint density at radius 3 is 1.33 bits per heavy atom. The number of piperidine rings is 3. The van der Waals surface area contributed by atoms with E-state index in [2.05, 4.69) is 79.0 Å². The van der Waals surface area contributed by atoms with Crippen molar-refractivity contribution in [3.05, 3.63) is 149 Å². The first kappa shape index (κ1) is 63.8. The third-order valence-corrected chi connectivity index (χ3v) is 16.8. The van der Waals surface area contributed by atoms with Gasteiger partial charge in [-0.2, -0.15) is 10.5 Å². The maximum absolute atomic E-state index is 12.7. The minimum absolute atomic E-state index is 0. The second kappa shape index (κ2) is 31.1. The predicted molar refractivity (Wildman–Crippen MR) is 321 cm³/mol. The Labute approximate surface area is 485 Å². The molecule has 1 N–H and O–H groups in total. The molecule has 3 fully saturated rings. The average Bonchev–Trinajstić information content (AvgIpc) is 3.47. The van der Waals surface area contributed by atoms with Gasteiger partial charge in [0.25, 0.3) is 0 Å². The van der Waals surface area contributed by atoms with Crippen LogP contribution in [0.4, 0.5) is 9.59 Å². The molecule has 15 heteroatoms. The van der Waals surface area contributed by atoms with Crippen molar-refractivity contribution in [2.45, 2.75) is 113 Å². The minimum Gasteiger partial charge on any atom is -0.497 e. The van der Waals surface area contributed by atoms with Gasteiger partial charge in [0, 0.05) is 47.5 Å². The van der Waals surface area contributed by atoms with E-state index in [1.165, 1.54) is 21.6 Å². The monoisotopic (exact) mass is 1130 g/mol. The highest BCUT2D eigenvalue weighted by Gasteiger charge is 2.36. The van der Waals surface area contributed by atoms with Crippen molar-refractivity contribution in [1.29, 1.82) is 10.5 Å². The second-order valence-electron chi connectivity index (χ2n) is 22.2. The maximum atomic E-state index is 12.7. The lowest BCUT2D eigenvalue weighted by Crippen LogP contribution is -2.45. The summed E-state index contributed by atoms with van der Waals surface area (Å²) in [6.45, 7) is 18.6. The van der Waals surface area contributed by atoms with Crippen molar-refractivity contribution >= 4 is 48.1 Å². The van der Waals surface area contributed by atoms with Gasteiger partial charge in [0.15, 0.2) is 0 Å². The Hall–Kier alpha value is -6.03. The highest BCUT2D eigenvalue weighted by atomic mass is 35.5. The summed E-state index contributed by atoms with van der Waals surface area (Å²) in [6.07, 6.45) is 3.64. The highest BCUT2D eigenvalue weighted by molar-refractivity contribution is 7.99. The third kappa shape index (κ3) is 19.9. The lowest BCUT2D eigenvalue weighted by atomic mass is 9.79. The number of rotatable bonds is 13. The number of halogens is 1. The quantitative estimate of drug-likeness (QED) is 0.112. The molecule has 0 radical (unpaired) electrons. The van der Waals surface area contributed by atoms with E-state index in [4.69, 9.17) is 28.9 Å². The fraction of sp³-hybridized carbons (Fsp3) is 0.469. The SMILES string of the molecule is CC[C@@H]1CN(C(=O)OC(C)(C)C)CC[C@H]1c1ccc(OC)cc1.COc1ccc([C@@H]2CCN(C(=O)OC(C)(C)C)C[C@H]2CSc2cccc(C#N)c2)cc1.COc1ccc([C@@H]2CCNC[C@H]2CSc2cccc(C#N)c2)cc1.Cl. The number of nitrogens with one attached hydrogen (secondary N) is 1. The van der Waals surface area contributed by atoms with E-state index >= 15 is 0 Å². The van der Waals surface area contributed by atoms with Crippen molar-refractivity contribution in [2.75, 3.05) is 72.1 Å². The molecule has 3 saturated heterocycles. The number of benzene rings is 5. The standard InChI is InChI=1S/C25H30N2O3S.C20H22N2OS.C19H29NO3.ClH/c1-25(2,3)30-24(28)27-13-12-23(19-8-10-21(29-4)11-9-19)20(16-27)17-31-22-7-5-6-18(14-22)15-26;1-23-18-7-5-16(6-8-18)20-9-10-22-13-17(20)14-24-19-4-2-3-15(11-19)12-21;1-6-14-13-20(18(21)23-19(2,3)4)12-11-17(14)15-7-9-16(22-5)10-8-15;/h5-11,14,20,23H,12-13,16-17H2,1-4H3;2-8,11,17,20,22H,9-10,13-14H2,1H3;7-10,14,17H,6,11-13H2,1-5H3;1H/t20-,23-;17-,20-;14-,17-;/m001./s1. The van der Waals surface area contributed by atoms with Gasteiger partial charge in [-0.1, -0.05) is 61.9 Å². The van der Waals surface area contributed by atoms with Crippen LogP contribution in [0, 0.1) is 40.4 Å². The molecule has 0 spiro atoms. The second-order valence-corrected chi connectivity index (χ2v) is 24.3. The molecule has 79 heavy (non-hydrogen) atoms. The van der Waals surface area contributed by atoms with E-state index in [0.717, 1.165) is 91.1 Å². The maximum Gasteiger partial charge on any atom is 0.410 e. The number of nitriles is 2. The summed E-state index contributed by atoms with van der Waals surface area (Å²) in [4.78, 5) is 30.9. The van der Waals surface area contributed by atoms with Gasteiger partial charge in [0.05, 0.1) is 44.6 Å². The number of methoxy groups -OCH3 is 3. The summed E-state index contributed by atoms with van der Waals surface area (Å²) in [6, 6.07) is 45.0. The van der Waals surface area contributed by atoms with Crippen molar-refractivity contribution in [2.24, 2.45) is 17.8 Å². The Bertz CT molecular complexity index is 2760. The van der Waals surface area contributed by atoms with Gasteiger partial charge in [-0.3, -0.25) is 0 Å².